The molecular formula is C11H7ClN2O2. The van der Waals surface area contributed by atoms with Crippen LogP contribution < -0.4 is 4.74 Å². The van der Waals surface area contributed by atoms with E-state index in [1.165, 1.54) is 25.3 Å². The molecule has 0 aliphatic carbocycles. The summed E-state index contributed by atoms with van der Waals surface area (Å²) in [6, 6.07) is 6.18. The van der Waals surface area contributed by atoms with Crippen LogP contribution in [-0.4, -0.2) is 12.2 Å². The molecule has 4 nitrogen and oxygen atoms in total. The predicted octanol–water partition coefficient (Wildman–Crippen LogP) is 2.48. The number of nitrogens with zero attached hydrogens (tertiary/aromatic N) is 2. The summed E-state index contributed by atoms with van der Waals surface area (Å²) in [4.78, 5) is 0. The maximum absolute atomic E-state index is 9.40. The zero-order valence-electron chi connectivity index (χ0n) is 8.36. The molecule has 0 aromatic heterocycles. The molecule has 0 heterocycles. The zero-order chi connectivity index (χ0) is 12.1. The number of nitriles is 2. The Hall–Kier alpha value is -2.17. The number of hydrogen-bond acceptors (Lipinski definition) is 4. The third-order valence-electron chi connectivity index (χ3n) is 1.84. The molecule has 0 spiro atoms. The first-order valence-electron chi connectivity index (χ1n) is 4.20. The lowest BCUT2D eigenvalue weighted by molar-refractivity contribution is 0.373. The van der Waals surface area contributed by atoms with Gasteiger partial charge in [-0.3, -0.25) is 0 Å². The van der Waals surface area contributed by atoms with Gasteiger partial charge in [0.25, 0.3) is 0 Å². The van der Waals surface area contributed by atoms with Crippen LogP contribution in [0.1, 0.15) is 5.56 Å². The summed E-state index contributed by atoms with van der Waals surface area (Å²) >= 11 is 5.84. The molecule has 0 atom stereocenters. The Balaban J connectivity index is 3.32. The van der Waals surface area contributed by atoms with Crippen molar-refractivity contribution >= 4 is 17.7 Å². The van der Waals surface area contributed by atoms with E-state index in [9.17, 15) is 5.11 Å². The van der Waals surface area contributed by atoms with E-state index in [0.29, 0.717) is 5.56 Å². The van der Waals surface area contributed by atoms with Crippen molar-refractivity contribution in [1.82, 2.24) is 0 Å². The fraction of sp³-hybridized carbons (Fsp3) is 0.0909. The fourth-order valence-corrected chi connectivity index (χ4v) is 1.29. The highest BCUT2D eigenvalue weighted by Gasteiger charge is 2.07. The first-order chi connectivity index (χ1) is 7.62. The van der Waals surface area contributed by atoms with E-state index in [1.54, 1.807) is 12.1 Å². The third kappa shape index (κ3) is 2.44. The molecule has 16 heavy (non-hydrogen) atoms. The lowest BCUT2D eigenvalue weighted by Gasteiger charge is -2.05. The molecule has 80 valence electrons. The molecule has 0 saturated heterocycles. The lowest BCUT2D eigenvalue weighted by Crippen LogP contribution is -1.86. The van der Waals surface area contributed by atoms with Crippen molar-refractivity contribution in [3.63, 3.8) is 0 Å². The summed E-state index contributed by atoms with van der Waals surface area (Å²) in [5.41, 5.74) is 0.365. The number of ether oxygens (including phenoxy) is 1. The van der Waals surface area contributed by atoms with Gasteiger partial charge in [0.1, 0.15) is 17.7 Å². The smallest absolute Gasteiger partial charge is 0.161 e. The average Bonchev–Trinajstić information content (AvgIpc) is 2.28. The predicted molar refractivity (Wildman–Crippen MR) is 58.9 cm³/mol. The minimum absolute atomic E-state index is 0.0744. The molecule has 0 radical (unpaired) electrons. The molecule has 1 rings (SSSR count). The van der Waals surface area contributed by atoms with Crippen molar-refractivity contribution in [3.8, 4) is 23.6 Å². The maximum atomic E-state index is 9.40. The molecule has 1 aromatic carbocycles. The van der Waals surface area contributed by atoms with Gasteiger partial charge >= 0.3 is 0 Å². The first-order valence-corrected chi connectivity index (χ1v) is 4.58. The number of phenols is 1. The van der Waals surface area contributed by atoms with Gasteiger partial charge in [-0.1, -0.05) is 11.6 Å². The van der Waals surface area contributed by atoms with Gasteiger partial charge < -0.3 is 9.84 Å². The van der Waals surface area contributed by atoms with Crippen molar-refractivity contribution < 1.29 is 9.84 Å². The van der Waals surface area contributed by atoms with Crippen LogP contribution in [-0.2, 0) is 0 Å². The summed E-state index contributed by atoms with van der Waals surface area (Å²) in [7, 11) is 1.39. The van der Waals surface area contributed by atoms with E-state index in [2.05, 4.69) is 0 Å². The maximum Gasteiger partial charge on any atom is 0.161 e. The minimum atomic E-state index is -0.0971. The second-order valence-electron chi connectivity index (χ2n) is 2.83. The van der Waals surface area contributed by atoms with E-state index >= 15 is 0 Å². The van der Waals surface area contributed by atoms with E-state index in [0.717, 1.165) is 0 Å². The van der Waals surface area contributed by atoms with E-state index < -0.39 is 0 Å². The van der Waals surface area contributed by atoms with Gasteiger partial charge in [-0.25, -0.2) is 0 Å². The molecule has 0 unspecified atom stereocenters. The quantitative estimate of drug-likeness (QED) is 0.798. The van der Waals surface area contributed by atoms with Gasteiger partial charge in [-0.05, 0) is 17.7 Å². The highest BCUT2D eigenvalue weighted by atomic mass is 35.5. The second kappa shape index (κ2) is 5.06. The summed E-state index contributed by atoms with van der Waals surface area (Å²) in [6.07, 6.45) is 1.32. The Morgan fingerprint density at radius 3 is 2.56 bits per heavy atom. The van der Waals surface area contributed by atoms with Gasteiger partial charge in [0.2, 0.25) is 0 Å². The minimum Gasteiger partial charge on any atom is -0.504 e. The van der Waals surface area contributed by atoms with Crippen molar-refractivity contribution in [2.75, 3.05) is 7.11 Å². The molecule has 0 aliphatic rings. The zero-order valence-corrected chi connectivity index (χ0v) is 9.12. The topological polar surface area (TPSA) is 77.0 Å². The highest BCUT2D eigenvalue weighted by molar-refractivity contribution is 6.32. The van der Waals surface area contributed by atoms with E-state index in [1.807, 2.05) is 0 Å². The van der Waals surface area contributed by atoms with Crippen molar-refractivity contribution in [1.29, 1.82) is 10.5 Å². The number of aromatic hydroxyl groups is 1. The Bertz CT molecular complexity index is 508. The van der Waals surface area contributed by atoms with Gasteiger partial charge in [0, 0.05) is 6.07 Å². The Morgan fingerprint density at radius 2 is 2.06 bits per heavy atom. The Labute approximate surface area is 97.6 Å². The molecule has 0 aliphatic heterocycles. The molecule has 1 N–H and O–H groups in total. The summed E-state index contributed by atoms with van der Waals surface area (Å²) < 4.78 is 4.89. The van der Waals surface area contributed by atoms with Crippen LogP contribution in [0.15, 0.2) is 17.7 Å². The lowest BCUT2D eigenvalue weighted by atomic mass is 10.1. The Kier molecular flexibility index (Phi) is 3.77. The molecule has 1 aromatic rings. The monoisotopic (exact) mass is 234 g/mol. The normalized spacial score (nSPS) is 8.75. The largest absolute Gasteiger partial charge is 0.504 e. The number of allylic oxidation sites excluding steroid dienone is 1. The van der Waals surface area contributed by atoms with E-state index in [-0.39, 0.29) is 22.1 Å². The first kappa shape index (κ1) is 11.9. The average molecular weight is 235 g/mol. The molecular weight excluding hydrogens is 228 g/mol. The molecule has 0 amide bonds. The third-order valence-corrected chi connectivity index (χ3v) is 2.17. The van der Waals surface area contributed by atoms with Crippen LogP contribution >= 0.6 is 11.6 Å². The summed E-state index contributed by atoms with van der Waals surface area (Å²) in [6.45, 7) is 0. The standard InChI is InChI=1S/C11H7ClN2O2/c1-16-11-3-8(2-7(5-13)6-14)9(12)4-10(11)15/h2-4,15H,1H3. The number of halogens is 1. The SMILES string of the molecule is COc1cc(C=C(C#N)C#N)c(Cl)cc1O. The van der Waals surface area contributed by atoms with Gasteiger partial charge in [0.05, 0.1) is 12.1 Å². The number of phenolic OH excluding ortho intramolecular Hbond substituents is 1. The van der Waals surface area contributed by atoms with Crippen LogP contribution in [0.4, 0.5) is 0 Å². The number of methoxy groups -OCH3 is 1. The number of rotatable bonds is 2. The van der Waals surface area contributed by atoms with Crippen LogP contribution in [0.3, 0.4) is 0 Å². The van der Waals surface area contributed by atoms with Crippen molar-refractivity contribution in [2.24, 2.45) is 0 Å². The van der Waals surface area contributed by atoms with Crippen LogP contribution in [0.5, 0.6) is 11.5 Å². The van der Waals surface area contributed by atoms with Gasteiger partial charge in [-0.15, -0.1) is 0 Å². The van der Waals surface area contributed by atoms with Gasteiger partial charge in [0.15, 0.2) is 11.5 Å². The fourth-order valence-electron chi connectivity index (χ4n) is 1.08. The molecule has 0 saturated carbocycles. The molecule has 0 fully saturated rings. The number of hydrogen-bond donors (Lipinski definition) is 1. The Morgan fingerprint density at radius 1 is 1.44 bits per heavy atom. The van der Waals surface area contributed by atoms with Gasteiger partial charge in [-0.2, -0.15) is 10.5 Å². The van der Waals surface area contributed by atoms with Crippen molar-refractivity contribution in [2.45, 2.75) is 0 Å². The van der Waals surface area contributed by atoms with E-state index in [4.69, 9.17) is 26.9 Å². The van der Waals surface area contributed by atoms with Crippen LogP contribution in [0.2, 0.25) is 5.02 Å². The second-order valence-corrected chi connectivity index (χ2v) is 3.23. The highest BCUT2D eigenvalue weighted by Crippen LogP contribution is 2.33. The van der Waals surface area contributed by atoms with Crippen LogP contribution in [0.25, 0.3) is 6.08 Å². The summed E-state index contributed by atoms with van der Waals surface area (Å²) in [5.74, 6) is 0.131. The molecule has 5 heteroatoms. The summed E-state index contributed by atoms with van der Waals surface area (Å²) in [5, 5.41) is 26.8. The number of benzene rings is 1. The van der Waals surface area contributed by atoms with Crippen LogP contribution in [0, 0.1) is 22.7 Å². The van der Waals surface area contributed by atoms with Crippen molar-refractivity contribution in [3.05, 3.63) is 28.3 Å². The molecule has 0 bridgehead atoms.